The van der Waals surface area contributed by atoms with Crippen molar-refractivity contribution < 1.29 is 13.5 Å². The van der Waals surface area contributed by atoms with Crippen LogP contribution in [0, 0.1) is 17.6 Å². The summed E-state index contributed by atoms with van der Waals surface area (Å²) in [5.41, 5.74) is 1.91. The number of anilines is 1. The molecule has 6 nitrogen and oxygen atoms in total. The van der Waals surface area contributed by atoms with E-state index in [1.54, 1.807) is 12.1 Å². The Labute approximate surface area is 278 Å². The molecule has 4 unspecified atom stereocenters. The van der Waals surface area contributed by atoms with Crippen LogP contribution in [-0.2, 0) is 16.6 Å². The number of piperazine rings is 1. The molecule has 5 saturated heterocycles. The van der Waals surface area contributed by atoms with E-state index in [0.29, 0.717) is 69.4 Å². The molecule has 0 amide bonds. The smallest absolute Gasteiger partial charge is 0.158 e. The maximum absolute atomic E-state index is 17.2. The predicted molar refractivity (Wildman–Crippen MR) is 181 cm³/mol. The second kappa shape index (κ2) is 10.8. The minimum atomic E-state index is -0.441. The minimum Gasteiger partial charge on any atom is -0.375 e. The zero-order valence-electron chi connectivity index (χ0n) is 26.6. The van der Waals surface area contributed by atoms with Gasteiger partial charge in [-0.25, -0.2) is 18.7 Å². The number of morpholine rings is 1. The van der Waals surface area contributed by atoms with E-state index >= 15 is 8.78 Å². The first kappa shape index (κ1) is 29.0. The first-order valence-electron chi connectivity index (χ1n) is 17.7. The van der Waals surface area contributed by atoms with Crippen molar-refractivity contribution in [2.75, 3.05) is 37.7 Å². The molecule has 9 heteroatoms. The monoisotopic (exact) mass is 655 g/mol. The second-order valence-electron chi connectivity index (χ2n) is 15.2. The van der Waals surface area contributed by atoms with Gasteiger partial charge in [-0.2, -0.15) is 0 Å². The molecule has 244 valence electrons. The molecule has 5 aliphatic heterocycles. The van der Waals surface area contributed by atoms with Gasteiger partial charge in [-0.3, -0.25) is 4.90 Å². The second-order valence-corrected chi connectivity index (χ2v) is 15.6. The van der Waals surface area contributed by atoms with Crippen molar-refractivity contribution in [3.8, 4) is 11.1 Å². The van der Waals surface area contributed by atoms with Gasteiger partial charge in [0.15, 0.2) is 5.82 Å². The standard InChI is InChI=1S/C38H40ClF2N5O/c39-29-14-28-36(35(41)33(29)27-5-3-4-21-7-12-30(40)34(32(21)27)38-15-22(38)16-38)43-31(44-37(28)46-17-23-8-9-24(18-46)42-23)6-1-2-13-45-19-26-11-10-25(45)20-47-26/h3-5,7,12,14,22-26,42H,1-2,6,8-11,13,15-20H2. The molecule has 4 atom stereocenters. The van der Waals surface area contributed by atoms with Crippen LogP contribution < -0.4 is 10.2 Å². The highest BCUT2D eigenvalue weighted by atomic mass is 35.5. The number of aromatic nitrogens is 2. The van der Waals surface area contributed by atoms with E-state index in [2.05, 4.69) is 15.1 Å². The summed E-state index contributed by atoms with van der Waals surface area (Å²) in [6.07, 6.45) is 9.74. The number of benzene rings is 3. The first-order valence-corrected chi connectivity index (χ1v) is 18.1. The van der Waals surface area contributed by atoms with Crippen LogP contribution in [0.4, 0.5) is 14.6 Å². The quantitative estimate of drug-likeness (QED) is 0.203. The molecule has 0 spiro atoms. The molecule has 4 bridgehead atoms. The third-order valence-electron chi connectivity index (χ3n) is 12.3. The summed E-state index contributed by atoms with van der Waals surface area (Å²) in [4.78, 5) is 15.0. The fourth-order valence-corrected chi connectivity index (χ4v) is 9.75. The highest BCUT2D eigenvalue weighted by Gasteiger charge is 2.71. The zero-order chi connectivity index (χ0) is 31.4. The fourth-order valence-electron chi connectivity index (χ4n) is 9.46. The summed E-state index contributed by atoms with van der Waals surface area (Å²) >= 11 is 7.07. The molecule has 7 aliphatic rings. The molecule has 47 heavy (non-hydrogen) atoms. The Morgan fingerprint density at radius 2 is 1.81 bits per heavy atom. The molecule has 7 fully saturated rings. The van der Waals surface area contributed by atoms with Crippen molar-refractivity contribution in [3.05, 3.63) is 64.4 Å². The van der Waals surface area contributed by atoms with Crippen LogP contribution >= 0.6 is 11.6 Å². The van der Waals surface area contributed by atoms with Gasteiger partial charge in [-0.15, -0.1) is 0 Å². The number of fused-ring (bicyclic) bond motifs is 8. The number of nitrogens with zero attached hydrogens (tertiary/aromatic N) is 4. The minimum absolute atomic E-state index is 0.0928. The summed E-state index contributed by atoms with van der Waals surface area (Å²) < 4.78 is 38.6. The van der Waals surface area contributed by atoms with Gasteiger partial charge in [-0.1, -0.05) is 35.9 Å². The van der Waals surface area contributed by atoms with E-state index in [0.717, 1.165) is 93.5 Å². The zero-order valence-corrected chi connectivity index (χ0v) is 27.3. The Morgan fingerprint density at radius 3 is 2.53 bits per heavy atom. The van der Waals surface area contributed by atoms with E-state index in [1.807, 2.05) is 24.3 Å². The third-order valence-corrected chi connectivity index (χ3v) is 12.6. The maximum atomic E-state index is 17.2. The fraction of sp³-hybridized carbons (Fsp3) is 0.526. The van der Waals surface area contributed by atoms with Crippen molar-refractivity contribution in [3.63, 3.8) is 0 Å². The third kappa shape index (κ3) is 4.72. The number of rotatable bonds is 8. The molecular weight excluding hydrogens is 616 g/mol. The van der Waals surface area contributed by atoms with Gasteiger partial charge in [0.1, 0.15) is 23.0 Å². The molecule has 1 aromatic heterocycles. The molecule has 11 rings (SSSR count). The lowest BCUT2D eigenvalue weighted by atomic mass is 9.89. The lowest BCUT2D eigenvalue weighted by Gasteiger charge is -2.45. The average Bonchev–Trinajstić information content (AvgIpc) is 3.94. The SMILES string of the molecule is Fc1ccc2cccc(-c3c(Cl)cc4c(N5CC6CCC(C5)N6)nc(CCCCN5CC6CCC5CO6)nc4c3F)c2c1C12CC1C2. The maximum Gasteiger partial charge on any atom is 0.158 e. The number of nitrogens with one attached hydrogen (secondary N) is 1. The van der Waals surface area contributed by atoms with E-state index in [9.17, 15) is 0 Å². The lowest BCUT2D eigenvalue weighted by molar-refractivity contribution is -0.106. The largest absolute Gasteiger partial charge is 0.375 e. The number of unbranched alkanes of at least 4 members (excludes halogenated alkanes) is 1. The van der Waals surface area contributed by atoms with Crippen LogP contribution in [0.3, 0.4) is 0 Å². The number of halogens is 3. The van der Waals surface area contributed by atoms with Crippen molar-refractivity contribution >= 4 is 39.1 Å². The Balaban J connectivity index is 1.05. The Bertz CT molecular complexity index is 1910. The van der Waals surface area contributed by atoms with Crippen molar-refractivity contribution in [1.82, 2.24) is 20.2 Å². The summed E-state index contributed by atoms with van der Waals surface area (Å²) in [5, 5.41) is 6.38. The highest BCUT2D eigenvalue weighted by Crippen LogP contribution is 2.76. The van der Waals surface area contributed by atoms with Gasteiger partial charge in [0.2, 0.25) is 0 Å². The van der Waals surface area contributed by atoms with Crippen molar-refractivity contribution in [2.24, 2.45) is 5.92 Å². The number of hydrogen-bond donors (Lipinski definition) is 1. The van der Waals surface area contributed by atoms with Gasteiger partial charge in [0.05, 0.1) is 17.7 Å². The number of ether oxygens (including phenoxy) is 1. The van der Waals surface area contributed by atoms with E-state index < -0.39 is 5.82 Å². The van der Waals surface area contributed by atoms with Gasteiger partial charge in [-0.05, 0) is 92.3 Å². The van der Waals surface area contributed by atoms with Gasteiger partial charge in [0.25, 0.3) is 0 Å². The van der Waals surface area contributed by atoms with E-state index in [4.69, 9.17) is 26.3 Å². The van der Waals surface area contributed by atoms with E-state index in [-0.39, 0.29) is 11.2 Å². The summed E-state index contributed by atoms with van der Waals surface area (Å²) in [5.74, 6) is 1.36. The van der Waals surface area contributed by atoms with Gasteiger partial charge < -0.3 is 15.0 Å². The molecular formula is C38H40ClF2N5O. The summed E-state index contributed by atoms with van der Waals surface area (Å²) in [6.45, 7) is 4.59. The molecule has 4 aromatic rings. The van der Waals surface area contributed by atoms with Crippen molar-refractivity contribution in [1.29, 1.82) is 0 Å². The molecule has 1 N–H and O–H groups in total. The number of piperidine rings is 1. The molecule has 3 aromatic carbocycles. The molecule has 2 aliphatic carbocycles. The average molecular weight is 656 g/mol. The molecule has 0 radical (unpaired) electrons. The van der Waals surface area contributed by atoms with Crippen LogP contribution in [0.25, 0.3) is 32.8 Å². The Kier molecular flexibility index (Phi) is 6.67. The van der Waals surface area contributed by atoms with Crippen LogP contribution in [0.2, 0.25) is 5.02 Å². The first-order chi connectivity index (χ1) is 22.9. The number of aryl methyl sites for hydroxylation is 1. The lowest BCUT2D eigenvalue weighted by Crippen LogP contribution is -2.54. The summed E-state index contributed by atoms with van der Waals surface area (Å²) in [7, 11) is 0. The Hall–Kier alpha value is -2.91. The molecule has 6 heterocycles. The van der Waals surface area contributed by atoms with Crippen LogP contribution in [-0.4, -0.2) is 71.9 Å². The van der Waals surface area contributed by atoms with Gasteiger partial charge in [0, 0.05) is 66.1 Å². The Morgan fingerprint density at radius 1 is 0.979 bits per heavy atom. The normalized spacial score (nSPS) is 30.8. The number of hydrogen-bond acceptors (Lipinski definition) is 6. The van der Waals surface area contributed by atoms with Crippen molar-refractivity contribution in [2.45, 2.75) is 87.4 Å². The highest BCUT2D eigenvalue weighted by molar-refractivity contribution is 6.35. The van der Waals surface area contributed by atoms with Gasteiger partial charge >= 0.3 is 0 Å². The van der Waals surface area contributed by atoms with Crippen LogP contribution in [0.1, 0.15) is 62.8 Å². The molecule has 2 saturated carbocycles. The predicted octanol–water partition coefficient (Wildman–Crippen LogP) is 7.17. The van der Waals surface area contributed by atoms with Crippen LogP contribution in [0.15, 0.2) is 36.4 Å². The summed E-state index contributed by atoms with van der Waals surface area (Å²) in [6, 6.07) is 12.4. The van der Waals surface area contributed by atoms with Crippen LogP contribution in [0.5, 0.6) is 0 Å². The van der Waals surface area contributed by atoms with E-state index in [1.165, 1.54) is 12.8 Å². The topological polar surface area (TPSA) is 53.5 Å².